The Labute approximate surface area is 167 Å². The van der Waals surface area contributed by atoms with E-state index in [1.165, 1.54) is 39.6 Å². The molecule has 0 bridgehead atoms. The molecule has 5 rings (SSSR count). The quantitative estimate of drug-likeness (QED) is 0.377. The molecule has 0 fully saturated rings. The number of rotatable bonds is 2. The van der Waals surface area contributed by atoms with Gasteiger partial charge in [0.1, 0.15) is 17.6 Å². The Hall–Kier alpha value is -2.65. The van der Waals surface area contributed by atoms with Crippen molar-refractivity contribution < 1.29 is 4.57 Å². The predicted octanol–water partition coefficient (Wildman–Crippen LogP) is 5.59. The summed E-state index contributed by atoms with van der Waals surface area (Å²) in [6.07, 6.45) is 4.39. The van der Waals surface area contributed by atoms with Gasteiger partial charge in [0, 0.05) is 10.0 Å². The molecule has 0 atom stereocenters. The molecule has 0 radical (unpaired) electrons. The summed E-state index contributed by atoms with van der Waals surface area (Å²) in [4.78, 5) is 0. The number of aryl methyl sites for hydroxylation is 2. The van der Waals surface area contributed by atoms with Crippen molar-refractivity contribution in [1.82, 2.24) is 4.57 Å². The minimum Gasteiger partial charge on any atom is -0.198 e. The summed E-state index contributed by atoms with van der Waals surface area (Å²) >= 11 is 3.56. The van der Waals surface area contributed by atoms with E-state index in [0.717, 1.165) is 17.3 Å². The zero-order chi connectivity index (χ0) is 18.4. The average molecular weight is 416 g/mol. The predicted molar refractivity (Wildman–Crippen MR) is 113 cm³/mol. The van der Waals surface area contributed by atoms with E-state index in [-0.39, 0.29) is 0 Å². The minimum absolute atomic E-state index is 1.03. The fraction of sp³-hybridized carbons (Fsp3) is 0.125. The molecule has 0 amide bonds. The molecule has 1 aromatic heterocycles. The van der Waals surface area contributed by atoms with E-state index in [9.17, 15) is 0 Å². The molecule has 0 aliphatic carbocycles. The van der Waals surface area contributed by atoms with E-state index in [1.54, 1.807) is 0 Å². The van der Waals surface area contributed by atoms with Crippen LogP contribution in [0.5, 0.6) is 0 Å². The minimum atomic E-state index is 1.03. The Balaban J connectivity index is 1.79. The molecular weight excluding hydrogens is 396 g/mol. The summed E-state index contributed by atoms with van der Waals surface area (Å²) in [5, 5.41) is 0. The maximum atomic E-state index is 3.56. The molecule has 0 saturated heterocycles. The number of fused-ring (bicyclic) bond motifs is 3. The fourth-order valence-electron chi connectivity index (χ4n) is 3.95. The highest BCUT2D eigenvalue weighted by molar-refractivity contribution is 9.10. The standard InChI is InChI=1S/C24H20BrN2/c1-17-6-13-21(14-7-17)27-23(19-8-11-20(25)12-9-19)16-26-22-5-3-2-4-18(22)10-15-24(26)27/h2-9,11-14,16H,10,15H2,1H3/q+1. The van der Waals surface area contributed by atoms with Crippen LogP contribution in [-0.4, -0.2) is 4.57 Å². The number of imidazole rings is 1. The Kier molecular flexibility index (Phi) is 3.98. The number of aromatic nitrogens is 2. The normalized spacial score (nSPS) is 12.5. The Bertz CT molecular complexity index is 1120. The average Bonchev–Trinajstić information content (AvgIpc) is 3.09. The summed E-state index contributed by atoms with van der Waals surface area (Å²) in [6, 6.07) is 26.1. The van der Waals surface area contributed by atoms with Gasteiger partial charge in [-0.25, -0.2) is 0 Å². The second-order valence-electron chi connectivity index (χ2n) is 7.11. The van der Waals surface area contributed by atoms with Crippen molar-refractivity contribution in [3.8, 4) is 22.6 Å². The van der Waals surface area contributed by atoms with Gasteiger partial charge in [-0.1, -0.05) is 51.8 Å². The van der Waals surface area contributed by atoms with Gasteiger partial charge in [0.25, 0.3) is 5.82 Å². The molecule has 3 heteroatoms. The van der Waals surface area contributed by atoms with Gasteiger partial charge in [0.15, 0.2) is 5.69 Å². The van der Waals surface area contributed by atoms with E-state index in [4.69, 9.17) is 0 Å². The number of nitrogens with zero attached hydrogens (tertiary/aromatic N) is 2. The van der Waals surface area contributed by atoms with Crippen LogP contribution >= 0.6 is 15.9 Å². The monoisotopic (exact) mass is 415 g/mol. The summed E-state index contributed by atoms with van der Waals surface area (Å²) < 4.78 is 5.89. The van der Waals surface area contributed by atoms with Crippen LogP contribution in [0.1, 0.15) is 17.0 Å². The highest BCUT2D eigenvalue weighted by atomic mass is 79.9. The number of hydrogen-bond acceptors (Lipinski definition) is 0. The van der Waals surface area contributed by atoms with Gasteiger partial charge in [-0.2, -0.15) is 9.13 Å². The van der Waals surface area contributed by atoms with Crippen molar-refractivity contribution in [1.29, 1.82) is 0 Å². The first-order valence-electron chi connectivity index (χ1n) is 9.28. The first-order valence-corrected chi connectivity index (χ1v) is 10.1. The lowest BCUT2D eigenvalue weighted by Gasteiger charge is -2.14. The van der Waals surface area contributed by atoms with Crippen LogP contribution in [-0.2, 0) is 12.8 Å². The molecule has 1 aliphatic rings. The largest absolute Gasteiger partial charge is 0.267 e. The van der Waals surface area contributed by atoms with Crippen molar-refractivity contribution in [3.05, 3.63) is 100 Å². The van der Waals surface area contributed by atoms with Gasteiger partial charge in [-0.15, -0.1) is 0 Å². The first-order chi connectivity index (χ1) is 13.2. The third-order valence-corrected chi connectivity index (χ3v) is 5.86. The third kappa shape index (κ3) is 2.83. The second kappa shape index (κ2) is 6.50. The third-order valence-electron chi connectivity index (χ3n) is 5.33. The number of para-hydroxylation sites is 1. The van der Waals surface area contributed by atoms with Crippen molar-refractivity contribution in [2.24, 2.45) is 0 Å². The van der Waals surface area contributed by atoms with E-state index < -0.39 is 0 Å². The van der Waals surface area contributed by atoms with Crippen LogP contribution < -0.4 is 4.57 Å². The first kappa shape index (κ1) is 16.5. The van der Waals surface area contributed by atoms with Crippen LogP contribution in [0.4, 0.5) is 0 Å². The van der Waals surface area contributed by atoms with Gasteiger partial charge in [0.2, 0.25) is 0 Å². The van der Waals surface area contributed by atoms with E-state index in [2.05, 4.69) is 111 Å². The number of hydrogen-bond donors (Lipinski definition) is 0. The lowest BCUT2D eigenvalue weighted by atomic mass is 10.0. The van der Waals surface area contributed by atoms with E-state index >= 15 is 0 Å². The van der Waals surface area contributed by atoms with Gasteiger partial charge in [-0.3, -0.25) is 0 Å². The zero-order valence-electron chi connectivity index (χ0n) is 15.2. The summed E-state index contributed by atoms with van der Waals surface area (Å²) in [5.74, 6) is 1.33. The van der Waals surface area contributed by atoms with Gasteiger partial charge >= 0.3 is 0 Å². The smallest absolute Gasteiger partial charge is 0.198 e. The van der Waals surface area contributed by atoms with Crippen LogP contribution in [0.3, 0.4) is 0 Å². The van der Waals surface area contributed by atoms with Gasteiger partial charge < -0.3 is 0 Å². The molecule has 132 valence electrons. The Morgan fingerprint density at radius 1 is 0.852 bits per heavy atom. The lowest BCUT2D eigenvalue weighted by Crippen LogP contribution is -2.39. The SMILES string of the molecule is Cc1ccc(-n2c(-c3ccc(Br)cc3)c[n+]3c2CCc2ccccc2-3)cc1. The molecule has 3 aromatic carbocycles. The molecule has 0 spiro atoms. The Morgan fingerprint density at radius 3 is 2.37 bits per heavy atom. The molecule has 0 N–H and O–H groups in total. The zero-order valence-corrected chi connectivity index (χ0v) is 16.8. The van der Waals surface area contributed by atoms with Gasteiger partial charge in [0.05, 0.1) is 6.42 Å². The van der Waals surface area contributed by atoms with Crippen LogP contribution in [0.15, 0.2) is 83.5 Å². The van der Waals surface area contributed by atoms with E-state index in [1.807, 2.05) is 0 Å². The van der Waals surface area contributed by atoms with Crippen LogP contribution in [0.2, 0.25) is 0 Å². The van der Waals surface area contributed by atoms with Crippen LogP contribution in [0, 0.1) is 6.92 Å². The molecule has 2 nitrogen and oxygen atoms in total. The molecule has 4 aromatic rings. The summed E-state index contributed by atoms with van der Waals surface area (Å²) in [7, 11) is 0. The lowest BCUT2D eigenvalue weighted by molar-refractivity contribution is -0.606. The van der Waals surface area contributed by atoms with Crippen molar-refractivity contribution >= 4 is 15.9 Å². The number of halogens is 1. The maximum Gasteiger partial charge on any atom is 0.267 e. The highest BCUT2D eigenvalue weighted by Gasteiger charge is 2.31. The second-order valence-corrected chi connectivity index (χ2v) is 8.02. The molecule has 2 heterocycles. The Morgan fingerprint density at radius 2 is 1.59 bits per heavy atom. The topological polar surface area (TPSA) is 8.81 Å². The maximum absolute atomic E-state index is 3.56. The highest BCUT2D eigenvalue weighted by Crippen LogP contribution is 2.29. The molecule has 0 unspecified atom stereocenters. The molecule has 27 heavy (non-hydrogen) atoms. The van der Waals surface area contributed by atoms with Crippen molar-refractivity contribution in [2.45, 2.75) is 19.8 Å². The molecule has 0 saturated carbocycles. The summed E-state index contributed by atoms with van der Waals surface area (Å²) in [6.45, 7) is 2.13. The summed E-state index contributed by atoms with van der Waals surface area (Å²) in [5.41, 5.74) is 7.65. The molecular formula is C24H20BrN2+. The van der Waals surface area contributed by atoms with Gasteiger partial charge in [-0.05, 0) is 61.4 Å². The number of benzene rings is 3. The molecule has 1 aliphatic heterocycles. The van der Waals surface area contributed by atoms with E-state index in [0.29, 0.717) is 0 Å². The van der Waals surface area contributed by atoms with Crippen molar-refractivity contribution in [2.75, 3.05) is 0 Å². The fourth-order valence-corrected chi connectivity index (χ4v) is 4.22. The van der Waals surface area contributed by atoms with Crippen molar-refractivity contribution in [3.63, 3.8) is 0 Å². The van der Waals surface area contributed by atoms with Crippen LogP contribution in [0.25, 0.3) is 22.6 Å².